The van der Waals surface area contributed by atoms with Gasteiger partial charge in [-0.15, -0.1) is 0 Å². The number of fused-ring (bicyclic) bond motifs is 1. The van der Waals surface area contributed by atoms with Crippen molar-refractivity contribution in [2.24, 2.45) is 0 Å². The van der Waals surface area contributed by atoms with E-state index in [4.69, 9.17) is 24.2 Å². The summed E-state index contributed by atoms with van der Waals surface area (Å²) in [7, 11) is 0. The average Bonchev–Trinajstić information content (AvgIpc) is 3.58. The molecule has 3 aliphatic heterocycles. The molecule has 10 heteroatoms. The van der Waals surface area contributed by atoms with E-state index in [2.05, 4.69) is 44.9 Å². The summed E-state index contributed by atoms with van der Waals surface area (Å²) >= 11 is 0. The van der Waals surface area contributed by atoms with Crippen molar-refractivity contribution in [2.45, 2.75) is 44.5 Å². The van der Waals surface area contributed by atoms with Gasteiger partial charge in [0, 0.05) is 42.7 Å². The smallest absolute Gasteiger partial charge is 0.150 e. The molecule has 2 unspecified atom stereocenters. The van der Waals surface area contributed by atoms with Gasteiger partial charge in [0.1, 0.15) is 17.0 Å². The van der Waals surface area contributed by atoms with Crippen LogP contribution in [0.3, 0.4) is 0 Å². The van der Waals surface area contributed by atoms with Gasteiger partial charge in [-0.05, 0) is 50.5 Å². The zero-order valence-corrected chi connectivity index (χ0v) is 21.0. The summed E-state index contributed by atoms with van der Waals surface area (Å²) in [4.78, 5) is 12.4. The number of nitrogens with zero attached hydrogens (tertiary/aromatic N) is 7. The first-order valence-corrected chi connectivity index (χ1v) is 13.2. The maximum Gasteiger partial charge on any atom is 0.150 e. The molecule has 10 nitrogen and oxygen atoms in total. The Kier molecular flexibility index (Phi) is 5.87. The molecule has 4 aromatic rings. The second-order valence-corrected chi connectivity index (χ2v) is 10.0. The summed E-state index contributed by atoms with van der Waals surface area (Å²) < 4.78 is 21.4. The van der Waals surface area contributed by atoms with Gasteiger partial charge in [0.05, 0.1) is 49.9 Å². The molecular formula is C27H31N7O3. The van der Waals surface area contributed by atoms with Crippen LogP contribution in [-0.4, -0.2) is 75.1 Å². The Bertz CT molecular complexity index is 1410. The summed E-state index contributed by atoms with van der Waals surface area (Å²) in [6.45, 7) is 6.44. The van der Waals surface area contributed by atoms with Gasteiger partial charge >= 0.3 is 0 Å². The number of morpholine rings is 1. The molecule has 4 aromatic heterocycles. The van der Waals surface area contributed by atoms with Gasteiger partial charge in [-0.1, -0.05) is 0 Å². The first-order chi connectivity index (χ1) is 18.3. The minimum Gasteiger partial charge on any atom is -0.377 e. The fraction of sp³-hybridized carbons (Fsp3) is 0.481. The van der Waals surface area contributed by atoms with Gasteiger partial charge in [0.15, 0.2) is 6.23 Å². The molecule has 3 aliphatic rings. The van der Waals surface area contributed by atoms with Crippen molar-refractivity contribution in [3.05, 3.63) is 42.9 Å². The Labute approximate surface area is 215 Å². The average molecular weight is 502 g/mol. The lowest BCUT2D eigenvalue weighted by Gasteiger charge is -2.35. The largest absolute Gasteiger partial charge is 0.377 e. The van der Waals surface area contributed by atoms with Crippen molar-refractivity contribution in [1.82, 2.24) is 29.5 Å². The first kappa shape index (κ1) is 22.8. The molecule has 0 spiro atoms. The molecule has 0 radical (unpaired) electrons. The number of anilines is 1. The maximum absolute atomic E-state index is 6.08. The van der Waals surface area contributed by atoms with Crippen LogP contribution >= 0.6 is 0 Å². The minimum atomic E-state index is -0.0854. The van der Waals surface area contributed by atoms with Gasteiger partial charge in [0.2, 0.25) is 0 Å². The number of aromatic nitrogens is 6. The van der Waals surface area contributed by atoms with Gasteiger partial charge in [0.25, 0.3) is 0 Å². The third-order valence-electron chi connectivity index (χ3n) is 7.63. The molecule has 0 N–H and O–H groups in total. The Balaban J connectivity index is 1.43. The molecule has 0 bridgehead atoms. The van der Waals surface area contributed by atoms with E-state index in [1.165, 1.54) is 0 Å². The number of ether oxygens (including phenoxy) is 3. The fourth-order valence-electron chi connectivity index (χ4n) is 5.58. The standard InChI is InChI=1S/C27H31N7O3/c1-18-15-35-13-11-32(18)24-14-21(22-6-9-29-33(22)19-16-36-17-19)20-5-8-28-27(26(20)31-24)23-7-10-30-34(23)25-4-2-3-12-37-25/h5-10,14,18-19,25H,2-4,11-13,15-17H2,1H3. The Morgan fingerprint density at radius 2 is 1.76 bits per heavy atom. The first-order valence-electron chi connectivity index (χ1n) is 13.2. The Morgan fingerprint density at radius 3 is 2.54 bits per heavy atom. The van der Waals surface area contributed by atoms with Crippen LogP contribution in [0.15, 0.2) is 42.9 Å². The quantitative estimate of drug-likeness (QED) is 0.407. The molecule has 192 valence electrons. The second-order valence-electron chi connectivity index (χ2n) is 10.0. The van der Waals surface area contributed by atoms with Crippen LogP contribution in [0.5, 0.6) is 0 Å². The molecule has 7 rings (SSSR count). The van der Waals surface area contributed by atoms with Crippen LogP contribution in [0.25, 0.3) is 33.5 Å². The third kappa shape index (κ3) is 4.00. The Hall–Kier alpha value is -3.34. The number of pyridine rings is 2. The molecule has 37 heavy (non-hydrogen) atoms. The minimum absolute atomic E-state index is 0.0854. The monoisotopic (exact) mass is 501 g/mol. The van der Waals surface area contributed by atoms with Crippen molar-refractivity contribution < 1.29 is 14.2 Å². The van der Waals surface area contributed by atoms with Crippen LogP contribution in [0, 0.1) is 0 Å². The van der Waals surface area contributed by atoms with E-state index in [0.717, 1.165) is 71.8 Å². The van der Waals surface area contributed by atoms with Gasteiger partial charge in [-0.25, -0.2) is 9.67 Å². The summed E-state index contributed by atoms with van der Waals surface area (Å²) in [5.41, 5.74) is 4.73. The van der Waals surface area contributed by atoms with Crippen LogP contribution < -0.4 is 4.90 Å². The van der Waals surface area contributed by atoms with E-state index in [0.29, 0.717) is 26.4 Å². The van der Waals surface area contributed by atoms with E-state index in [1.807, 2.05) is 29.3 Å². The van der Waals surface area contributed by atoms with E-state index >= 15 is 0 Å². The molecule has 0 aromatic carbocycles. The summed E-state index contributed by atoms with van der Waals surface area (Å²) in [5, 5.41) is 10.3. The van der Waals surface area contributed by atoms with Crippen LogP contribution in [-0.2, 0) is 14.2 Å². The van der Waals surface area contributed by atoms with Gasteiger partial charge < -0.3 is 19.1 Å². The molecule has 7 heterocycles. The molecule has 0 aliphatic carbocycles. The second kappa shape index (κ2) is 9.51. The molecule has 3 saturated heterocycles. The highest BCUT2D eigenvalue weighted by atomic mass is 16.5. The zero-order valence-electron chi connectivity index (χ0n) is 21.0. The zero-order chi connectivity index (χ0) is 24.8. The third-order valence-corrected chi connectivity index (χ3v) is 7.63. The number of hydrogen-bond donors (Lipinski definition) is 0. The summed E-state index contributed by atoms with van der Waals surface area (Å²) in [6.07, 6.45) is 8.64. The summed E-state index contributed by atoms with van der Waals surface area (Å²) in [6, 6.07) is 8.81. The van der Waals surface area contributed by atoms with Gasteiger partial charge in [-0.2, -0.15) is 10.2 Å². The van der Waals surface area contributed by atoms with Crippen molar-refractivity contribution in [1.29, 1.82) is 0 Å². The maximum atomic E-state index is 6.08. The van der Waals surface area contributed by atoms with E-state index < -0.39 is 0 Å². The number of rotatable bonds is 5. The molecular weight excluding hydrogens is 470 g/mol. The fourth-order valence-corrected chi connectivity index (χ4v) is 5.58. The predicted molar refractivity (Wildman–Crippen MR) is 138 cm³/mol. The Morgan fingerprint density at radius 1 is 0.892 bits per heavy atom. The van der Waals surface area contributed by atoms with E-state index in [-0.39, 0.29) is 18.3 Å². The van der Waals surface area contributed by atoms with Crippen molar-refractivity contribution in [3.63, 3.8) is 0 Å². The van der Waals surface area contributed by atoms with Gasteiger partial charge in [-0.3, -0.25) is 9.67 Å². The van der Waals surface area contributed by atoms with E-state index in [9.17, 15) is 0 Å². The highest BCUT2D eigenvalue weighted by molar-refractivity contribution is 6.01. The van der Waals surface area contributed by atoms with Crippen LogP contribution in [0.4, 0.5) is 5.82 Å². The van der Waals surface area contributed by atoms with Crippen LogP contribution in [0.2, 0.25) is 0 Å². The molecule has 0 saturated carbocycles. The molecule has 2 atom stereocenters. The normalized spacial score (nSPS) is 22.9. The molecule has 3 fully saturated rings. The SMILES string of the molecule is CC1COCCN1c1cc(-c2ccnn2C2COC2)c2ccnc(-c3ccnn3C3CCCCO3)c2n1. The summed E-state index contributed by atoms with van der Waals surface area (Å²) in [5.74, 6) is 0.921. The molecule has 0 amide bonds. The lowest BCUT2D eigenvalue weighted by Crippen LogP contribution is -2.44. The lowest BCUT2D eigenvalue weighted by atomic mass is 10.0. The van der Waals surface area contributed by atoms with Crippen molar-refractivity contribution >= 4 is 16.7 Å². The highest BCUT2D eigenvalue weighted by Crippen LogP contribution is 2.38. The van der Waals surface area contributed by atoms with Crippen LogP contribution in [0.1, 0.15) is 38.5 Å². The van der Waals surface area contributed by atoms with Crippen molar-refractivity contribution in [3.8, 4) is 22.6 Å². The number of hydrogen-bond acceptors (Lipinski definition) is 8. The lowest BCUT2D eigenvalue weighted by molar-refractivity contribution is -0.0383. The predicted octanol–water partition coefficient (Wildman–Crippen LogP) is 3.85. The highest BCUT2D eigenvalue weighted by Gasteiger charge is 2.28. The topological polar surface area (TPSA) is 92.3 Å². The van der Waals surface area contributed by atoms with E-state index in [1.54, 1.807) is 0 Å². The van der Waals surface area contributed by atoms with Crippen molar-refractivity contribution in [2.75, 3.05) is 44.5 Å².